The number of piperidine rings is 2. The maximum Gasteiger partial charge on any atom is 1.00 e. The number of sulfonamides is 1. The summed E-state index contributed by atoms with van der Waals surface area (Å²) in [7, 11) is -3.33. The quantitative estimate of drug-likeness (QED) is 0.280. The molecule has 2 aliphatic carbocycles. The Bertz CT molecular complexity index is 950. The van der Waals surface area contributed by atoms with E-state index in [0.29, 0.717) is 18.7 Å². The molecule has 0 spiro atoms. The number of hydrogen-bond donors (Lipinski definition) is 0. The van der Waals surface area contributed by atoms with Gasteiger partial charge in [0.2, 0.25) is 0 Å². The molecule has 5 aliphatic rings. The second kappa shape index (κ2) is 13.7. The fourth-order valence-electron chi connectivity index (χ4n) is 5.72. The van der Waals surface area contributed by atoms with E-state index in [2.05, 4.69) is 33.6 Å². The molecule has 6 rings (SSSR count). The third-order valence-electron chi connectivity index (χ3n) is 7.28. The van der Waals surface area contributed by atoms with E-state index in [0.717, 1.165) is 50.1 Å². The van der Waals surface area contributed by atoms with Gasteiger partial charge in [-0.2, -0.15) is 0 Å². The van der Waals surface area contributed by atoms with Crippen LogP contribution in [0.5, 0.6) is 5.75 Å². The predicted octanol–water partition coefficient (Wildman–Crippen LogP) is -4.41. The van der Waals surface area contributed by atoms with Crippen LogP contribution in [-0.2, 0) is 15.4 Å². The summed E-state index contributed by atoms with van der Waals surface area (Å²) in [6, 6.07) is 8.93. The van der Waals surface area contributed by atoms with Crippen LogP contribution in [-0.4, -0.2) is 49.8 Å². The number of carboxylic acid groups (broad SMARTS) is 2. The average molecular weight is 541 g/mol. The van der Waals surface area contributed by atoms with E-state index in [-0.39, 0.29) is 114 Å². The molecular weight excluding hydrogens is 511 g/mol. The fourth-order valence-corrected chi connectivity index (χ4v) is 6.78. The molecule has 2 bridgehead atoms. The zero-order valence-electron chi connectivity index (χ0n) is 20.2. The summed E-state index contributed by atoms with van der Waals surface area (Å²) in [4.78, 5) is 10.6. The van der Waals surface area contributed by atoms with Gasteiger partial charge in [0.1, 0.15) is 11.6 Å². The molecule has 34 heavy (non-hydrogen) atoms. The predicted molar refractivity (Wildman–Crippen MR) is 116 cm³/mol. The molecule has 0 amide bonds. The molecule has 0 atom stereocenters. The van der Waals surface area contributed by atoms with Gasteiger partial charge in [-0.3, -0.25) is 0 Å². The smallest absolute Gasteiger partial charge is 0.652 e. The second-order valence-corrected chi connectivity index (χ2v) is 11.0. The normalized spacial score (nSPS) is 27.4. The summed E-state index contributed by atoms with van der Waals surface area (Å²) >= 11 is 0. The van der Waals surface area contributed by atoms with Crippen molar-refractivity contribution in [3.05, 3.63) is 29.8 Å². The summed E-state index contributed by atoms with van der Waals surface area (Å²) in [5.41, 5.74) is 0.947. The van der Waals surface area contributed by atoms with Crippen molar-refractivity contribution >= 4 is 22.0 Å². The number of fused-ring (bicyclic) bond motifs is 2. The van der Waals surface area contributed by atoms with Gasteiger partial charge in [0.05, 0.1) is 17.3 Å². The molecule has 11 heteroatoms. The number of benzene rings is 1. The Kier molecular flexibility index (Phi) is 12.6. The van der Waals surface area contributed by atoms with E-state index in [4.69, 9.17) is 19.7 Å². The summed E-state index contributed by atoms with van der Waals surface area (Å²) < 4.78 is 35.0. The van der Waals surface area contributed by atoms with Crippen LogP contribution in [0.1, 0.15) is 69.8 Å². The first-order valence-electron chi connectivity index (χ1n) is 11.5. The molecule has 176 valence electrons. The van der Waals surface area contributed by atoms with Gasteiger partial charge in [-0.25, -0.2) is 8.42 Å². The van der Waals surface area contributed by atoms with Crippen LogP contribution in [0.3, 0.4) is 0 Å². The molecule has 0 N–H and O–H groups in total. The van der Waals surface area contributed by atoms with Crippen molar-refractivity contribution in [1.29, 1.82) is 0 Å². The number of rotatable bonds is 3. The molecule has 2 saturated carbocycles. The van der Waals surface area contributed by atoms with Gasteiger partial charge in [-0.15, -0.1) is 4.40 Å². The number of nitrogens with zero attached hydrogens (tertiary/aromatic N) is 2. The summed E-state index contributed by atoms with van der Waals surface area (Å²) in [5, 5.41) is 16.7. The van der Waals surface area contributed by atoms with Crippen LogP contribution in [0, 0.1) is 0 Å². The van der Waals surface area contributed by atoms with E-state index >= 15 is 0 Å². The van der Waals surface area contributed by atoms with Crippen molar-refractivity contribution in [1.82, 2.24) is 4.90 Å². The molecule has 0 aromatic heterocycles. The van der Waals surface area contributed by atoms with Gasteiger partial charge >= 0.3 is 103 Å². The topological polar surface area (TPSA) is 122 Å². The van der Waals surface area contributed by atoms with E-state index in [1.165, 1.54) is 31.2 Å². The molecule has 1 aromatic rings. The largest absolute Gasteiger partial charge is 1.00 e. The van der Waals surface area contributed by atoms with Gasteiger partial charge in [0.15, 0.2) is 0 Å². The number of carbonyl (C=O) groups excluding carboxylic acids is 1. The van der Waals surface area contributed by atoms with E-state index in [1.54, 1.807) is 0 Å². The van der Waals surface area contributed by atoms with Crippen molar-refractivity contribution in [3.8, 4) is 5.75 Å². The van der Waals surface area contributed by atoms with Crippen LogP contribution in [0.4, 0.5) is 4.79 Å². The first-order chi connectivity index (χ1) is 15.3. The molecule has 3 heterocycles. The molecule has 2 saturated heterocycles. The minimum absolute atomic E-state index is 0. The first-order valence-corrected chi connectivity index (χ1v) is 13.1. The van der Waals surface area contributed by atoms with Crippen LogP contribution in [0.15, 0.2) is 28.7 Å². The van der Waals surface area contributed by atoms with Crippen molar-refractivity contribution < 1.29 is 131 Å². The van der Waals surface area contributed by atoms with Crippen molar-refractivity contribution in [2.75, 3.05) is 12.3 Å². The number of carbonyl (C=O) groups is 1. The second-order valence-electron chi connectivity index (χ2n) is 9.21. The zero-order valence-corrected chi connectivity index (χ0v) is 27.3. The molecule has 0 radical (unpaired) electrons. The van der Waals surface area contributed by atoms with Gasteiger partial charge < -0.3 is 24.6 Å². The summed E-state index contributed by atoms with van der Waals surface area (Å²) in [5.74, 6) is 1.89. The monoisotopic (exact) mass is 540 g/mol. The van der Waals surface area contributed by atoms with Gasteiger partial charge in [-0.1, -0.05) is 25.0 Å². The Labute approximate surface area is 287 Å². The van der Waals surface area contributed by atoms with Crippen LogP contribution < -0.4 is 118 Å². The Morgan fingerprint density at radius 2 is 1.53 bits per heavy atom. The third-order valence-corrected chi connectivity index (χ3v) is 8.43. The summed E-state index contributed by atoms with van der Waals surface area (Å²) in [6.07, 6.45) is 9.70. The van der Waals surface area contributed by atoms with Crippen molar-refractivity contribution in [3.63, 3.8) is 0 Å². The van der Waals surface area contributed by atoms with Gasteiger partial charge in [-0.05, 0) is 75.2 Å². The molecular formula is C23H30K2N2O6S. The SMILES string of the molecule is O=C([O-])[O-].O=S1(=O)CCN2C(=N1)C1(c3ccc(OC4CCCCCC4)cc3)CCC2CC1.[K+].[K+]. The number of amidine groups is 1. The first kappa shape index (κ1) is 31.2. The maximum atomic E-state index is 12.2. The van der Waals surface area contributed by atoms with Crippen LogP contribution in [0.2, 0.25) is 0 Å². The Morgan fingerprint density at radius 1 is 0.971 bits per heavy atom. The Hall–Kier alpha value is 0.983. The average Bonchev–Trinajstić information content (AvgIpc) is 3.02. The molecule has 3 aliphatic heterocycles. The van der Waals surface area contributed by atoms with Crippen molar-refractivity contribution in [2.45, 2.75) is 81.8 Å². The minimum Gasteiger partial charge on any atom is -0.652 e. The standard InChI is InChI=1S/C22H30N2O3S.CH2O3.2K/c25-28(26)16-15-24-18-11-13-22(14-12-18,21(24)23-28)17-7-9-20(10-8-17)27-19-5-3-1-2-4-6-19;2-1(3)4;;/h7-10,18-19H,1-6,11-16H2;(H2,2,3,4);;/q;;2*+1/p-2. The molecule has 4 fully saturated rings. The fraction of sp³-hybridized carbons (Fsp3) is 0.652. The van der Waals surface area contributed by atoms with Crippen LogP contribution >= 0.6 is 0 Å². The molecule has 8 nitrogen and oxygen atoms in total. The Morgan fingerprint density at radius 3 is 2.09 bits per heavy atom. The zero-order chi connectivity index (χ0) is 22.8. The van der Waals surface area contributed by atoms with Gasteiger partial charge in [0.25, 0.3) is 10.0 Å². The number of hydrogen-bond acceptors (Lipinski definition) is 7. The molecule has 1 aromatic carbocycles. The van der Waals surface area contributed by atoms with E-state index in [1.807, 2.05) is 0 Å². The van der Waals surface area contributed by atoms with Crippen molar-refractivity contribution in [2.24, 2.45) is 4.40 Å². The maximum absolute atomic E-state index is 12.2. The van der Waals surface area contributed by atoms with Crippen LogP contribution in [0.25, 0.3) is 0 Å². The minimum atomic E-state index is -3.33. The number of ether oxygens (including phenoxy) is 1. The van der Waals surface area contributed by atoms with E-state index in [9.17, 15) is 8.42 Å². The van der Waals surface area contributed by atoms with Gasteiger partial charge in [0, 0.05) is 12.6 Å². The summed E-state index contributed by atoms with van der Waals surface area (Å²) in [6.45, 7) is 0.594. The van der Waals surface area contributed by atoms with E-state index < -0.39 is 16.2 Å². The molecule has 0 unspecified atom stereocenters. The third kappa shape index (κ3) is 7.52. The Balaban J connectivity index is 0.000000634.